The molecule has 1 heterocycles. The Morgan fingerprint density at radius 3 is 2.59 bits per heavy atom. The number of carbonyl (C=O) groups excluding carboxylic acids is 1. The van der Waals surface area contributed by atoms with Gasteiger partial charge in [0.2, 0.25) is 0 Å². The topological polar surface area (TPSA) is 55.6 Å². The summed E-state index contributed by atoms with van der Waals surface area (Å²) in [7, 11) is 0. The van der Waals surface area contributed by atoms with Crippen molar-refractivity contribution < 1.29 is 9.53 Å². The second-order valence-corrected chi connectivity index (χ2v) is 6.97. The number of hydrogen-bond acceptors (Lipinski definition) is 3. The molecule has 1 aliphatic heterocycles. The quantitative estimate of drug-likeness (QED) is 0.930. The first-order valence-electron chi connectivity index (χ1n) is 8.15. The molecule has 22 heavy (non-hydrogen) atoms. The zero-order chi connectivity index (χ0) is 16.3. The van der Waals surface area contributed by atoms with E-state index in [1.54, 1.807) is 0 Å². The maximum absolute atomic E-state index is 12.6. The molecule has 1 amide bonds. The minimum Gasteiger partial charge on any atom is -0.491 e. The summed E-state index contributed by atoms with van der Waals surface area (Å²) in [6, 6.07) is 7.60. The van der Waals surface area contributed by atoms with Crippen molar-refractivity contribution in [2.45, 2.75) is 52.7 Å². The molecule has 1 aliphatic rings. The highest BCUT2D eigenvalue weighted by Gasteiger charge is 2.35. The minimum atomic E-state index is -0.0342. The Morgan fingerprint density at radius 1 is 1.41 bits per heavy atom. The second-order valence-electron chi connectivity index (χ2n) is 6.97. The van der Waals surface area contributed by atoms with Crippen LogP contribution in [0.4, 0.5) is 0 Å². The predicted octanol–water partition coefficient (Wildman–Crippen LogP) is 3.06. The largest absolute Gasteiger partial charge is 0.491 e. The summed E-state index contributed by atoms with van der Waals surface area (Å²) in [5.41, 5.74) is 6.82. The summed E-state index contributed by atoms with van der Waals surface area (Å²) in [6.07, 6.45) is 2.00. The second kappa shape index (κ2) is 6.69. The van der Waals surface area contributed by atoms with Crippen LogP contribution >= 0.6 is 0 Å². The minimum absolute atomic E-state index is 0.0342. The molecule has 1 saturated heterocycles. The van der Waals surface area contributed by atoms with E-state index in [1.807, 2.05) is 36.1 Å². The smallest absolute Gasteiger partial charge is 0.253 e. The number of benzene rings is 1. The molecule has 4 nitrogen and oxygen atoms in total. The van der Waals surface area contributed by atoms with Gasteiger partial charge in [-0.05, 0) is 49.4 Å². The van der Waals surface area contributed by atoms with Gasteiger partial charge in [-0.2, -0.15) is 0 Å². The average molecular weight is 304 g/mol. The first-order chi connectivity index (χ1) is 10.3. The number of carbonyl (C=O) groups is 1. The van der Waals surface area contributed by atoms with Gasteiger partial charge in [0.25, 0.3) is 5.91 Å². The van der Waals surface area contributed by atoms with Crippen LogP contribution in [0.5, 0.6) is 5.75 Å². The Morgan fingerprint density at radius 2 is 2.05 bits per heavy atom. The van der Waals surface area contributed by atoms with Crippen molar-refractivity contribution in [3.63, 3.8) is 0 Å². The van der Waals surface area contributed by atoms with E-state index in [4.69, 9.17) is 10.5 Å². The van der Waals surface area contributed by atoms with Crippen molar-refractivity contribution in [1.82, 2.24) is 4.90 Å². The molecule has 2 rings (SSSR count). The fourth-order valence-electron chi connectivity index (χ4n) is 2.72. The van der Waals surface area contributed by atoms with E-state index in [9.17, 15) is 4.79 Å². The third kappa shape index (κ3) is 3.80. The molecule has 1 aromatic rings. The first-order valence-corrected chi connectivity index (χ1v) is 8.15. The van der Waals surface area contributed by atoms with Crippen LogP contribution in [-0.2, 0) is 0 Å². The lowest BCUT2D eigenvalue weighted by atomic mass is 9.79. The molecule has 4 heteroatoms. The van der Waals surface area contributed by atoms with Gasteiger partial charge in [-0.3, -0.25) is 4.79 Å². The first kappa shape index (κ1) is 16.8. The van der Waals surface area contributed by atoms with Gasteiger partial charge >= 0.3 is 0 Å². The van der Waals surface area contributed by atoms with E-state index >= 15 is 0 Å². The number of nitrogens with zero attached hydrogens (tertiary/aromatic N) is 1. The van der Waals surface area contributed by atoms with Crippen LogP contribution < -0.4 is 10.5 Å². The monoisotopic (exact) mass is 304 g/mol. The molecule has 1 fully saturated rings. The third-order valence-electron chi connectivity index (χ3n) is 4.61. The lowest BCUT2D eigenvalue weighted by Gasteiger charge is -2.42. The zero-order valence-electron chi connectivity index (χ0n) is 14.1. The SMILES string of the molecule is CCC(C)Oc1ccc(C(=O)N2CCC(N)C(C)(C)C2)cc1. The van der Waals surface area contributed by atoms with Gasteiger partial charge in [-0.1, -0.05) is 20.8 Å². The standard InChI is InChI=1S/C18H28N2O2/c1-5-13(2)22-15-8-6-14(7-9-15)17(21)20-11-10-16(19)18(3,4)12-20/h6-9,13,16H,5,10-12,19H2,1-4H3. The Balaban J connectivity index is 2.04. The van der Waals surface area contributed by atoms with E-state index in [2.05, 4.69) is 20.8 Å². The highest BCUT2D eigenvalue weighted by atomic mass is 16.5. The summed E-state index contributed by atoms with van der Waals surface area (Å²) >= 11 is 0. The number of hydrogen-bond donors (Lipinski definition) is 1. The molecular weight excluding hydrogens is 276 g/mol. The highest BCUT2D eigenvalue weighted by Crippen LogP contribution is 2.28. The fraction of sp³-hybridized carbons (Fsp3) is 0.611. The van der Waals surface area contributed by atoms with E-state index in [1.165, 1.54) is 0 Å². The van der Waals surface area contributed by atoms with Crippen molar-refractivity contribution in [1.29, 1.82) is 0 Å². The number of ether oxygens (including phenoxy) is 1. The maximum Gasteiger partial charge on any atom is 0.253 e. The molecular formula is C18H28N2O2. The van der Waals surface area contributed by atoms with Gasteiger partial charge < -0.3 is 15.4 Å². The van der Waals surface area contributed by atoms with Crippen molar-refractivity contribution in [3.05, 3.63) is 29.8 Å². The molecule has 122 valence electrons. The lowest BCUT2D eigenvalue weighted by molar-refractivity contribution is 0.0533. The van der Waals surface area contributed by atoms with Gasteiger partial charge in [0.05, 0.1) is 6.10 Å². The van der Waals surface area contributed by atoms with Crippen LogP contribution in [0.15, 0.2) is 24.3 Å². The van der Waals surface area contributed by atoms with Gasteiger partial charge in [0.15, 0.2) is 0 Å². The van der Waals surface area contributed by atoms with Gasteiger partial charge in [0.1, 0.15) is 5.75 Å². The number of likely N-dealkylation sites (tertiary alicyclic amines) is 1. The van der Waals surface area contributed by atoms with Crippen LogP contribution in [0.3, 0.4) is 0 Å². The Kier molecular flexibility index (Phi) is 5.12. The van der Waals surface area contributed by atoms with Crippen molar-refractivity contribution in [2.75, 3.05) is 13.1 Å². The van der Waals surface area contributed by atoms with Gasteiger partial charge in [-0.25, -0.2) is 0 Å². The fourth-order valence-corrected chi connectivity index (χ4v) is 2.72. The number of amides is 1. The summed E-state index contributed by atoms with van der Waals surface area (Å²) in [4.78, 5) is 14.5. The molecule has 2 N–H and O–H groups in total. The van der Waals surface area contributed by atoms with Crippen molar-refractivity contribution in [2.24, 2.45) is 11.1 Å². The summed E-state index contributed by atoms with van der Waals surface area (Å²) in [5, 5.41) is 0. The van der Waals surface area contributed by atoms with E-state index in [0.29, 0.717) is 12.1 Å². The zero-order valence-corrected chi connectivity index (χ0v) is 14.1. The molecule has 0 bridgehead atoms. The molecule has 0 spiro atoms. The molecule has 0 aromatic heterocycles. The maximum atomic E-state index is 12.6. The molecule has 2 unspecified atom stereocenters. The van der Waals surface area contributed by atoms with Gasteiger partial charge in [-0.15, -0.1) is 0 Å². The number of nitrogens with two attached hydrogens (primary N) is 1. The van der Waals surface area contributed by atoms with Crippen molar-refractivity contribution >= 4 is 5.91 Å². The predicted molar refractivity (Wildman–Crippen MR) is 89.1 cm³/mol. The van der Waals surface area contributed by atoms with E-state index in [-0.39, 0.29) is 23.5 Å². The van der Waals surface area contributed by atoms with Crippen molar-refractivity contribution in [3.8, 4) is 5.75 Å². The van der Waals surface area contributed by atoms with Crippen LogP contribution in [0.25, 0.3) is 0 Å². The molecule has 0 saturated carbocycles. The molecule has 1 aromatic carbocycles. The molecule has 0 aliphatic carbocycles. The van der Waals surface area contributed by atoms with Gasteiger partial charge in [0, 0.05) is 24.7 Å². The molecule has 2 atom stereocenters. The Bertz CT molecular complexity index is 510. The molecule has 0 radical (unpaired) electrons. The van der Waals surface area contributed by atoms with Crippen LogP contribution in [0.1, 0.15) is 50.9 Å². The Labute approximate surface area is 133 Å². The number of rotatable bonds is 4. The Hall–Kier alpha value is -1.55. The summed E-state index contributed by atoms with van der Waals surface area (Å²) in [6.45, 7) is 9.82. The van der Waals surface area contributed by atoms with Crippen LogP contribution in [0, 0.1) is 5.41 Å². The lowest BCUT2D eigenvalue weighted by Crippen LogP contribution is -2.53. The van der Waals surface area contributed by atoms with Crippen LogP contribution in [0.2, 0.25) is 0 Å². The normalized spacial score (nSPS) is 22.2. The summed E-state index contributed by atoms with van der Waals surface area (Å²) < 4.78 is 5.75. The van der Waals surface area contributed by atoms with E-state index < -0.39 is 0 Å². The summed E-state index contributed by atoms with van der Waals surface area (Å²) in [5.74, 6) is 0.891. The van der Waals surface area contributed by atoms with Crippen LogP contribution in [-0.4, -0.2) is 36.0 Å². The third-order valence-corrected chi connectivity index (χ3v) is 4.61. The number of piperidine rings is 1. The highest BCUT2D eigenvalue weighted by molar-refractivity contribution is 5.94. The average Bonchev–Trinajstić information content (AvgIpc) is 2.50. The van der Waals surface area contributed by atoms with E-state index in [0.717, 1.165) is 25.1 Å².